The van der Waals surface area contributed by atoms with Crippen molar-refractivity contribution >= 4 is 11.7 Å². The van der Waals surface area contributed by atoms with E-state index >= 15 is 0 Å². The molecule has 4 heteroatoms. The van der Waals surface area contributed by atoms with E-state index in [4.69, 9.17) is 9.84 Å². The number of nitrogens with zero attached hydrogens (tertiary/aromatic N) is 1. The number of carboxylic acids is 1. The van der Waals surface area contributed by atoms with Gasteiger partial charge in [-0.05, 0) is 29.8 Å². The van der Waals surface area contributed by atoms with Crippen LogP contribution in [0.4, 0.5) is 5.69 Å². The van der Waals surface area contributed by atoms with Crippen LogP contribution in [0.2, 0.25) is 0 Å². The van der Waals surface area contributed by atoms with E-state index in [1.54, 1.807) is 11.9 Å². The zero-order valence-corrected chi connectivity index (χ0v) is 11.3. The number of rotatable bonds is 6. The van der Waals surface area contributed by atoms with Gasteiger partial charge >= 0.3 is 5.97 Å². The van der Waals surface area contributed by atoms with Gasteiger partial charge in [-0.2, -0.15) is 0 Å². The molecule has 0 heterocycles. The maximum atomic E-state index is 10.6. The number of likely N-dealkylation sites (N-methyl/N-ethyl adjacent to an activating group) is 1. The highest BCUT2D eigenvalue weighted by molar-refractivity contribution is 5.73. The van der Waals surface area contributed by atoms with Gasteiger partial charge in [0.2, 0.25) is 0 Å². The third-order valence-corrected chi connectivity index (χ3v) is 2.90. The molecule has 0 atom stereocenters. The Morgan fingerprint density at radius 1 is 1.10 bits per heavy atom. The van der Waals surface area contributed by atoms with Crippen molar-refractivity contribution in [2.24, 2.45) is 0 Å². The zero-order chi connectivity index (χ0) is 14.4. The lowest BCUT2D eigenvalue weighted by molar-refractivity contribution is -0.135. The van der Waals surface area contributed by atoms with Crippen molar-refractivity contribution in [3.63, 3.8) is 0 Å². The topological polar surface area (TPSA) is 49.8 Å². The van der Waals surface area contributed by atoms with Gasteiger partial charge in [-0.25, -0.2) is 0 Å². The maximum Gasteiger partial charge on any atom is 0.323 e. The van der Waals surface area contributed by atoms with Gasteiger partial charge in [0.15, 0.2) is 0 Å². The molecule has 0 spiro atoms. The summed E-state index contributed by atoms with van der Waals surface area (Å²) in [6.45, 7) is 0.495. The van der Waals surface area contributed by atoms with Crippen LogP contribution in [-0.4, -0.2) is 24.7 Å². The summed E-state index contributed by atoms with van der Waals surface area (Å²) < 4.78 is 5.67. The first-order chi connectivity index (χ1) is 9.65. The van der Waals surface area contributed by atoms with E-state index in [0.29, 0.717) is 6.61 Å². The molecule has 0 saturated heterocycles. The van der Waals surface area contributed by atoms with E-state index in [1.165, 1.54) is 0 Å². The highest BCUT2D eigenvalue weighted by atomic mass is 16.5. The normalized spacial score (nSPS) is 10.1. The Balaban J connectivity index is 1.93. The number of hydrogen-bond acceptors (Lipinski definition) is 3. The standard InChI is InChI=1S/C16H17NO3/c1-17(11-16(18)19)14-7-9-15(10-8-14)20-12-13-5-3-2-4-6-13/h2-10H,11-12H2,1H3,(H,18,19). The van der Waals surface area contributed by atoms with Crippen molar-refractivity contribution in [2.45, 2.75) is 6.61 Å². The van der Waals surface area contributed by atoms with Crippen LogP contribution in [0.25, 0.3) is 0 Å². The predicted octanol–water partition coefficient (Wildman–Crippen LogP) is 2.79. The molecule has 2 aromatic carbocycles. The van der Waals surface area contributed by atoms with Crippen LogP contribution in [-0.2, 0) is 11.4 Å². The molecular weight excluding hydrogens is 254 g/mol. The van der Waals surface area contributed by atoms with E-state index in [2.05, 4.69) is 0 Å². The number of aliphatic carboxylic acids is 1. The summed E-state index contributed by atoms with van der Waals surface area (Å²) in [7, 11) is 1.74. The van der Waals surface area contributed by atoms with Gasteiger partial charge in [0.1, 0.15) is 18.9 Å². The SMILES string of the molecule is CN(CC(=O)O)c1ccc(OCc2ccccc2)cc1. The smallest absolute Gasteiger partial charge is 0.323 e. The third-order valence-electron chi connectivity index (χ3n) is 2.90. The molecule has 20 heavy (non-hydrogen) atoms. The highest BCUT2D eigenvalue weighted by Gasteiger charge is 2.05. The Morgan fingerprint density at radius 2 is 1.75 bits per heavy atom. The summed E-state index contributed by atoms with van der Waals surface area (Å²) in [5, 5.41) is 8.74. The van der Waals surface area contributed by atoms with Crippen molar-refractivity contribution in [2.75, 3.05) is 18.5 Å². The molecule has 0 fully saturated rings. The number of benzene rings is 2. The van der Waals surface area contributed by atoms with Gasteiger partial charge in [0.25, 0.3) is 0 Å². The zero-order valence-electron chi connectivity index (χ0n) is 11.3. The summed E-state index contributed by atoms with van der Waals surface area (Å²) in [5.74, 6) is -0.0850. The monoisotopic (exact) mass is 271 g/mol. The van der Waals surface area contributed by atoms with Gasteiger partial charge in [-0.1, -0.05) is 30.3 Å². The average Bonchev–Trinajstić information content (AvgIpc) is 2.46. The van der Waals surface area contributed by atoms with E-state index < -0.39 is 5.97 Å². The number of hydrogen-bond donors (Lipinski definition) is 1. The van der Waals surface area contributed by atoms with E-state index in [-0.39, 0.29) is 6.54 Å². The molecule has 0 aliphatic heterocycles. The van der Waals surface area contributed by atoms with E-state index in [9.17, 15) is 4.79 Å². The van der Waals surface area contributed by atoms with Crippen molar-refractivity contribution in [1.29, 1.82) is 0 Å². The van der Waals surface area contributed by atoms with Crippen molar-refractivity contribution in [3.05, 3.63) is 60.2 Å². The van der Waals surface area contributed by atoms with Crippen LogP contribution in [0.3, 0.4) is 0 Å². The Labute approximate surface area is 118 Å². The maximum absolute atomic E-state index is 10.6. The predicted molar refractivity (Wildman–Crippen MR) is 78.1 cm³/mol. The molecule has 2 rings (SSSR count). The second-order valence-corrected chi connectivity index (χ2v) is 4.52. The molecule has 0 aliphatic carbocycles. The first kappa shape index (κ1) is 13.9. The molecule has 0 unspecified atom stereocenters. The van der Waals surface area contributed by atoms with Crippen molar-refractivity contribution in [3.8, 4) is 5.75 Å². The molecular formula is C16H17NO3. The minimum absolute atomic E-state index is 0.0236. The summed E-state index contributed by atoms with van der Waals surface area (Å²) in [6.07, 6.45) is 0. The molecule has 104 valence electrons. The van der Waals surface area contributed by atoms with Gasteiger partial charge in [-0.3, -0.25) is 4.79 Å². The minimum Gasteiger partial charge on any atom is -0.489 e. The van der Waals surface area contributed by atoms with Crippen LogP contribution in [0.1, 0.15) is 5.56 Å². The van der Waals surface area contributed by atoms with Crippen molar-refractivity contribution in [1.82, 2.24) is 0 Å². The summed E-state index contributed by atoms with van der Waals surface area (Å²) in [5.41, 5.74) is 1.96. The van der Waals surface area contributed by atoms with Crippen LogP contribution < -0.4 is 9.64 Å². The molecule has 0 aromatic heterocycles. The number of ether oxygens (including phenoxy) is 1. The molecule has 0 aliphatic rings. The fourth-order valence-electron chi connectivity index (χ4n) is 1.83. The molecule has 4 nitrogen and oxygen atoms in total. The quantitative estimate of drug-likeness (QED) is 0.877. The molecule has 0 bridgehead atoms. The first-order valence-corrected chi connectivity index (χ1v) is 6.35. The van der Waals surface area contributed by atoms with Gasteiger partial charge in [0, 0.05) is 12.7 Å². The molecule has 2 aromatic rings. The lowest BCUT2D eigenvalue weighted by Gasteiger charge is -2.17. The average molecular weight is 271 g/mol. The van der Waals surface area contributed by atoms with Gasteiger partial charge in [0.05, 0.1) is 0 Å². The Hall–Kier alpha value is -2.49. The summed E-state index contributed by atoms with van der Waals surface area (Å²) in [6, 6.07) is 17.3. The fourth-order valence-corrected chi connectivity index (χ4v) is 1.83. The lowest BCUT2D eigenvalue weighted by Crippen LogP contribution is -2.24. The van der Waals surface area contributed by atoms with Crippen LogP contribution >= 0.6 is 0 Å². The number of carboxylic acid groups (broad SMARTS) is 1. The van der Waals surface area contributed by atoms with Crippen LogP contribution in [0.5, 0.6) is 5.75 Å². The minimum atomic E-state index is -0.850. The first-order valence-electron chi connectivity index (χ1n) is 6.35. The second kappa shape index (κ2) is 6.61. The van der Waals surface area contributed by atoms with Crippen molar-refractivity contribution < 1.29 is 14.6 Å². The lowest BCUT2D eigenvalue weighted by atomic mass is 10.2. The second-order valence-electron chi connectivity index (χ2n) is 4.52. The fraction of sp³-hybridized carbons (Fsp3) is 0.188. The van der Waals surface area contributed by atoms with Gasteiger partial charge in [-0.15, -0.1) is 0 Å². The van der Waals surface area contributed by atoms with E-state index in [0.717, 1.165) is 17.0 Å². The molecule has 0 saturated carbocycles. The Morgan fingerprint density at radius 3 is 2.35 bits per heavy atom. The number of carbonyl (C=O) groups is 1. The molecule has 1 N–H and O–H groups in total. The van der Waals surface area contributed by atoms with E-state index in [1.807, 2.05) is 54.6 Å². The number of anilines is 1. The Bertz CT molecular complexity index is 552. The highest BCUT2D eigenvalue weighted by Crippen LogP contribution is 2.19. The molecule has 0 amide bonds. The third kappa shape index (κ3) is 4.02. The summed E-state index contributed by atoms with van der Waals surface area (Å²) >= 11 is 0. The van der Waals surface area contributed by atoms with Crippen LogP contribution in [0.15, 0.2) is 54.6 Å². The Kier molecular flexibility index (Phi) is 4.60. The van der Waals surface area contributed by atoms with Gasteiger partial charge < -0.3 is 14.7 Å². The summed E-state index contributed by atoms with van der Waals surface area (Å²) in [4.78, 5) is 12.3. The largest absolute Gasteiger partial charge is 0.489 e. The van der Waals surface area contributed by atoms with Crippen LogP contribution in [0, 0.1) is 0 Å². The molecule has 0 radical (unpaired) electrons.